The third-order valence-electron chi connectivity index (χ3n) is 4.79. The van der Waals surface area contributed by atoms with Crippen molar-refractivity contribution >= 4 is 15.9 Å². The third kappa shape index (κ3) is 4.72. The van der Waals surface area contributed by atoms with E-state index in [1.54, 1.807) is 12.1 Å². The third-order valence-corrected chi connectivity index (χ3v) is 6.34. The van der Waals surface area contributed by atoms with E-state index in [1.807, 2.05) is 18.9 Å². The van der Waals surface area contributed by atoms with Gasteiger partial charge in [-0.05, 0) is 38.9 Å². The predicted molar refractivity (Wildman–Crippen MR) is 100 cm³/mol. The maximum atomic E-state index is 13.0. The molecule has 2 aliphatic rings. The zero-order valence-electron chi connectivity index (χ0n) is 15.7. The number of likely N-dealkylation sites (N-methyl/N-ethyl adjacent to an activating group) is 1. The Balaban J connectivity index is 1.74. The summed E-state index contributed by atoms with van der Waals surface area (Å²) in [4.78, 5) is 14.3. The van der Waals surface area contributed by atoms with Crippen molar-refractivity contribution < 1.29 is 22.7 Å². The van der Waals surface area contributed by atoms with Crippen LogP contribution in [0.3, 0.4) is 0 Å². The number of amides is 1. The van der Waals surface area contributed by atoms with Gasteiger partial charge in [0, 0.05) is 25.7 Å². The van der Waals surface area contributed by atoms with E-state index in [9.17, 15) is 13.2 Å². The second-order valence-electron chi connectivity index (χ2n) is 6.99. The zero-order valence-corrected chi connectivity index (χ0v) is 16.5. The number of carbonyl (C=O) groups is 1. The summed E-state index contributed by atoms with van der Waals surface area (Å²) in [7, 11) is -1.87. The molecule has 0 bridgehead atoms. The summed E-state index contributed by atoms with van der Waals surface area (Å²) in [5, 5.41) is 2.85. The average molecular weight is 397 g/mol. The molecule has 150 valence electrons. The average Bonchev–Trinajstić information content (AvgIpc) is 2.82. The number of fused-ring (bicyclic) bond motifs is 1. The number of sulfonamides is 1. The fraction of sp³-hybridized carbons (Fsp3) is 0.611. The second kappa shape index (κ2) is 8.45. The lowest BCUT2D eigenvalue weighted by molar-refractivity contribution is -0.125. The molecule has 0 aliphatic carbocycles. The summed E-state index contributed by atoms with van der Waals surface area (Å²) < 4.78 is 39.7. The van der Waals surface area contributed by atoms with Gasteiger partial charge in [-0.2, -0.15) is 0 Å². The molecule has 0 saturated carbocycles. The number of hydrogen-bond acceptors (Lipinski definition) is 6. The lowest BCUT2D eigenvalue weighted by Gasteiger charge is -2.24. The number of hydrogen-bond donors (Lipinski definition) is 2. The standard InChI is InChI=1S/C18H27N3O5S/c1-3-19-18(22)13-7-8-14(12-21(2)11-13)20-27(23,24)16-6-4-5-15-17(16)26-10-9-25-15/h4-6,13-14,20H,3,7-12H2,1-2H3,(H,19,22)/t13-,14+/m1/s1. The van der Waals surface area contributed by atoms with Crippen molar-refractivity contribution in [1.82, 2.24) is 14.9 Å². The fourth-order valence-electron chi connectivity index (χ4n) is 3.58. The summed E-state index contributed by atoms with van der Waals surface area (Å²) in [6.45, 7) is 4.36. The van der Waals surface area contributed by atoms with E-state index < -0.39 is 10.0 Å². The molecule has 1 amide bonds. The van der Waals surface area contributed by atoms with E-state index in [2.05, 4.69) is 10.0 Å². The number of rotatable bonds is 5. The van der Waals surface area contributed by atoms with Crippen LogP contribution in [0.2, 0.25) is 0 Å². The van der Waals surface area contributed by atoms with Crippen molar-refractivity contribution in [2.75, 3.05) is 39.9 Å². The van der Waals surface area contributed by atoms with Crippen LogP contribution in [0.5, 0.6) is 11.5 Å². The van der Waals surface area contributed by atoms with Gasteiger partial charge in [-0.15, -0.1) is 0 Å². The topological polar surface area (TPSA) is 97.0 Å². The fourth-order valence-corrected chi connectivity index (χ4v) is 5.00. The van der Waals surface area contributed by atoms with Crippen LogP contribution in [-0.4, -0.2) is 65.2 Å². The quantitative estimate of drug-likeness (QED) is 0.755. The van der Waals surface area contributed by atoms with Crippen molar-refractivity contribution in [2.24, 2.45) is 5.92 Å². The molecule has 2 N–H and O–H groups in total. The first-order valence-corrected chi connectivity index (χ1v) is 10.8. The van der Waals surface area contributed by atoms with Crippen LogP contribution in [0, 0.1) is 5.92 Å². The van der Waals surface area contributed by atoms with E-state index in [4.69, 9.17) is 9.47 Å². The van der Waals surface area contributed by atoms with E-state index in [0.29, 0.717) is 51.4 Å². The first-order valence-electron chi connectivity index (χ1n) is 9.28. The van der Waals surface area contributed by atoms with Crippen LogP contribution in [0.4, 0.5) is 0 Å². The number of para-hydroxylation sites is 1. The summed E-state index contributed by atoms with van der Waals surface area (Å²) in [5.41, 5.74) is 0. The van der Waals surface area contributed by atoms with Crippen LogP contribution in [0.25, 0.3) is 0 Å². The van der Waals surface area contributed by atoms with Gasteiger partial charge in [-0.3, -0.25) is 4.79 Å². The van der Waals surface area contributed by atoms with Crippen molar-refractivity contribution in [3.63, 3.8) is 0 Å². The number of ether oxygens (including phenoxy) is 2. The number of benzene rings is 1. The van der Waals surface area contributed by atoms with Gasteiger partial charge >= 0.3 is 0 Å². The lowest BCUT2D eigenvalue weighted by atomic mass is 10.0. The van der Waals surface area contributed by atoms with Gasteiger partial charge < -0.3 is 19.7 Å². The summed E-state index contributed by atoms with van der Waals surface area (Å²) >= 11 is 0. The van der Waals surface area contributed by atoms with Gasteiger partial charge in [0.1, 0.15) is 18.1 Å². The molecule has 2 aliphatic heterocycles. The Morgan fingerprint density at radius 1 is 1.22 bits per heavy atom. The first kappa shape index (κ1) is 19.9. The molecule has 1 aromatic rings. The van der Waals surface area contributed by atoms with Gasteiger partial charge in [-0.25, -0.2) is 13.1 Å². The highest BCUT2D eigenvalue weighted by Crippen LogP contribution is 2.36. The van der Waals surface area contributed by atoms with Crippen LogP contribution in [0.1, 0.15) is 19.8 Å². The number of likely N-dealkylation sites (tertiary alicyclic amines) is 1. The molecule has 0 spiro atoms. The normalized spacial score (nSPS) is 23.5. The van der Waals surface area contributed by atoms with E-state index >= 15 is 0 Å². The molecule has 3 rings (SSSR count). The van der Waals surface area contributed by atoms with Gasteiger partial charge in [0.05, 0.1) is 5.92 Å². The molecule has 8 nitrogen and oxygen atoms in total. The highest BCUT2D eigenvalue weighted by atomic mass is 32.2. The molecule has 0 aromatic heterocycles. The van der Waals surface area contributed by atoms with Crippen molar-refractivity contribution in [2.45, 2.75) is 30.7 Å². The Labute approximate surface area is 160 Å². The van der Waals surface area contributed by atoms with Crippen molar-refractivity contribution in [1.29, 1.82) is 0 Å². The minimum atomic E-state index is -3.77. The molecule has 1 aromatic carbocycles. The van der Waals surface area contributed by atoms with Crippen LogP contribution >= 0.6 is 0 Å². The maximum Gasteiger partial charge on any atom is 0.244 e. The van der Waals surface area contributed by atoms with Crippen LogP contribution in [0.15, 0.2) is 23.1 Å². The van der Waals surface area contributed by atoms with E-state index in [-0.39, 0.29) is 28.5 Å². The Kier molecular flexibility index (Phi) is 6.23. The van der Waals surface area contributed by atoms with Crippen LogP contribution in [-0.2, 0) is 14.8 Å². The SMILES string of the molecule is CCNC(=O)[C@@H]1CC[C@H](NS(=O)(=O)c2cccc3c2OCCO3)CN(C)C1. The van der Waals surface area contributed by atoms with Gasteiger partial charge in [0.25, 0.3) is 0 Å². The van der Waals surface area contributed by atoms with E-state index in [1.165, 1.54) is 6.07 Å². The highest BCUT2D eigenvalue weighted by Gasteiger charge is 2.31. The Hall–Kier alpha value is -1.84. The van der Waals surface area contributed by atoms with E-state index in [0.717, 1.165) is 0 Å². The minimum absolute atomic E-state index is 0.0236. The monoisotopic (exact) mass is 397 g/mol. The second-order valence-corrected chi connectivity index (χ2v) is 8.67. The van der Waals surface area contributed by atoms with Gasteiger partial charge in [-0.1, -0.05) is 6.07 Å². The molecule has 2 heterocycles. The molecule has 0 unspecified atom stereocenters. The summed E-state index contributed by atoms with van der Waals surface area (Å²) in [6, 6.07) is 4.59. The number of carbonyl (C=O) groups excluding carboxylic acids is 1. The number of nitrogens with one attached hydrogen (secondary N) is 2. The largest absolute Gasteiger partial charge is 0.486 e. The zero-order chi connectivity index (χ0) is 19.4. The summed E-state index contributed by atoms with van der Waals surface area (Å²) in [6.07, 6.45) is 1.23. The molecule has 27 heavy (non-hydrogen) atoms. The molecule has 2 atom stereocenters. The molecule has 1 saturated heterocycles. The molecule has 1 fully saturated rings. The molecular formula is C18H27N3O5S. The van der Waals surface area contributed by atoms with Crippen LogP contribution < -0.4 is 19.5 Å². The molecule has 0 radical (unpaired) electrons. The predicted octanol–water partition coefficient (Wildman–Crippen LogP) is 0.583. The summed E-state index contributed by atoms with van der Waals surface area (Å²) in [5.74, 6) is 0.595. The Morgan fingerprint density at radius 3 is 2.78 bits per heavy atom. The minimum Gasteiger partial charge on any atom is -0.486 e. The Bertz CT molecular complexity index is 783. The maximum absolute atomic E-state index is 13.0. The highest BCUT2D eigenvalue weighted by molar-refractivity contribution is 7.89. The smallest absolute Gasteiger partial charge is 0.244 e. The first-order chi connectivity index (χ1) is 12.9. The number of nitrogens with zero attached hydrogens (tertiary/aromatic N) is 1. The van der Waals surface area contributed by atoms with Crippen molar-refractivity contribution in [3.8, 4) is 11.5 Å². The Morgan fingerprint density at radius 2 is 2.00 bits per heavy atom. The van der Waals surface area contributed by atoms with Crippen molar-refractivity contribution in [3.05, 3.63) is 18.2 Å². The van der Waals surface area contributed by atoms with Gasteiger partial charge in [0.15, 0.2) is 11.5 Å². The molecular weight excluding hydrogens is 370 g/mol. The van der Waals surface area contributed by atoms with Gasteiger partial charge in [0.2, 0.25) is 15.9 Å². The molecule has 9 heteroatoms. The lowest BCUT2D eigenvalue weighted by Crippen LogP contribution is -2.42.